The zero-order valence-corrected chi connectivity index (χ0v) is 9.90. The van der Waals surface area contributed by atoms with Crippen LogP contribution in [-0.2, 0) is 0 Å². The minimum atomic E-state index is -0.685. The molecule has 1 aliphatic rings. The Labute approximate surface area is 100 Å². The summed E-state index contributed by atoms with van der Waals surface area (Å²) in [6, 6.07) is 3.07. The molecule has 2 rings (SSSR count). The lowest BCUT2D eigenvalue weighted by Gasteiger charge is -2.20. The van der Waals surface area contributed by atoms with Gasteiger partial charge in [-0.2, -0.15) is 4.39 Å². The minimum Gasteiger partial charge on any atom is -0.337 e. The van der Waals surface area contributed by atoms with Crippen LogP contribution in [0.15, 0.2) is 18.3 Å². The van der Waals surface area contributed by atoms with Gasteiger partial charge in [0.15, 0.2) is 0 Å². The number of nitrogens with zero attached hydrogens (tertiary/aromatic N) is 3. The maximum Gasteiger partial charge on any atom is 0.258 e. The smallest absolute Gasteiger partial charge is 0.258 e. The Balaban J connectivity index is 2.12. The fourth-order valence-electron chi connectivity index (χ4n) is 1.97. The summed E-state index contributed by atoms with van der Waals surface area (Å²) in [5.41, 5.74) is 0.0667. The van der Waals surface area contributed by atoms with Crippen LogP contribution in [0.2, 0.25) is 0 Å². The third kappa shape index (κ3) is 2.79. The summed E-state index contributed by atoms with van der Waals surface area (Å²) in [7, 11) is 2.03. The molecule has 17 heavy (non-hydrogen) atoms. The van der Waals surface area contributed by atoms with Crippen LogP contribution in [0.5, 0.6) is 0 Å². The quantitative estimate of drug-likeness (QED) is 0.684. The molecule has 2 heterocycles. The largest absolute Gasteiger partial charge is 0.337 e. The first-order valence-electron chi connectivity index (χ1n) is 5.77. The van der Waals surface area contributed by atoms with E-state index in [9.17, 15) is 9.18 Å². The molecule has 1 saturated heterocycles. The van der Waals surface area contributed by atoms with E-state index in [2.05, 4.69) is 9.88 Å². The summed E-state index contributed by atoms with van der Waals surface area (Å²) in [5, 5.41) is 0. The van der Waals surface area contributed by atoms with Crippen molar-refractivity contribution in [2.75, 3.05) is 33.2 Å². The van der Waals surface area contributed by atoms with Gasteiger partial charge in [0.2, 0.25) is 5.95 Å². The van der Waals surface area contributed by atoms with Crippen molar-refractivity contribution in [1.82, 2.24) is 14.8 Å². The number of pyridine rings is 1. The average molecular weight is 237 g/mol. The van der Waals surface area contributed by atoms with Gasteiger partial charge in [0, 0.05) is 25.8 Å². The molecule has 5 heteroatoms. The maximum absolute atomic E-state index is 13.4. The third-order valence-corrected chi connectivity index (χ3v) is 3.00. The monoisotopic (exact) mass is 237 g/mol. The third-order valence-electron chi connectivity index (χ3n) is 3.00. The Hall–Kier alpha value is -1.49. The van der Waals surface area contributed by atoms with Gasteiger partial charge in [0.1, 0.15) is 0 Å². The van der Waals surface area contributed by atoms with Crippen LogP contribution >= 0.6 is 0 Å². The Morgan fingerprint density at radius 3 is 2.94 bits per heavy atom. The number of halogens is 1. The van der Waals surface area contributed by atoms with Crippen molar-refractivity contribution >= 4 is 5.91 Å². The number of hydrogen-bond acceptors (Lipinski definition) is 3. The molecule has 1 fully saturated rings. The minimum absolute atomic E-state index is 0.0667. The second-order valence-corrected chi connectivity index (χ2v) is 4.29. The Bertz CT molecular complexity index is 410. The molecule has 0 aliphatic carbocycles. The molecule has 0 atom stereocenters. The van der Waals surface area contributed by atoms with Crippen molar-refractivity contribution in [3.8, 4) is 0 Å². The summed E-state index contributed by atoms with van der Waals surface area (Å²) < 4.78 is 13.4. The second-order valence-electron chi connectivity index (χ2n) is 4.29. The van der Waals surface area contributed by atoms with E-state index in [1.165, 1.54) is 12.3 Å². The number of aromatic nitrogens is 1. The van der Waals surface area contributed by atoms with E-state index in [0.717, 1.165) is 19.5 Å². The van der Waals surface area contributed by atoms with E-state index in [1.807, 2.05) is 7.05 Å². The van der Waals surface area contributed by atoms with E-state index in [-0.39, 0.29) is 11.5 Å². The summed E-state index contributed by atoms with van der Waals surface area (Å²) in [4.78, 5) is 19.5. The van der Waals surface area contributed by atoms with Crippen LogP contribution in [-0.4, -0.2) is 53.9 Å². The van der Waals surface area contributed by atoms with Crippen molar-refractivity contribution in [3.05, 3.63) is 29.8 Å². The van der Waals surface area contributed by atoms with Crippen LogP contribution in [0.3, 0.4) is 0 Å². The summed E-state index contributed by atoms with van der Waals surface area (Å²) in [5.74, 6) is -0.944. The fraction of sp³-hybridized carbons (Fsp3) is 0.500. The van der Waals surface area contributed by atoms with Crippen molar-refractivity contribution in [1.29, 1.82) is 0 Å². The van der Waals surface area contributed by atoms with Gasteiger partial charge >= 0.3 is 0 Å². The molecule has 0 aromatic carbocycles. The van der Waals surface area contributed by atoms with Crippen LogP contribution in [0.25, 0.3) is 0 Å². The van der Waals surface area contributed by atoms with Gasteiger partial charge in [0.05, 0.1) is 5.56 Å². The normalized spacial score (nSPS) is 17.9. The molecule has 4 nitrogen and oxygen atoms in total. The van der Waals surface area contributed by atoms with Crippen molar-refractivity contribution in [2.45, 2.75) is 6.42 Å². The van der Waals surface area contributed by atoms with Crippen LogP contribution in [0.1, 0.15) is 16.8 Å². The first-order valence-corrected chi connectivity index (χ1v) is 5.77. The van der Waals surface area contributed by atoms with Gasteiger partial charge in [-0.25, -0.2) is 4.98 Å². The molecule has 0 radical (unpaired) electrons. The summed E-state index contributed by atoms with van der Waals surface area (Å²) >= 11 is 0. The van der Waals surface area contributed by atoms with Gasteiger partial charge in [-0.1, -0.05) is 0 Å². The first kappa shape index (κ1) is 12.0. The standard InChI is InChI=1S/C12H16FN3O/c1-15-6-3-7-16(9-8-15)12(17)10-4-2-5-14-11(10)13/h2,4-5H,3,6-9H2,1H3. The Kier molecular flexibility index (Phi) is 3.68. The Morgan fingerprint density at radius 1 is 1.35 bits per heavy atom. The van der Waals surface area contributed by atoms with Gasteiger partial charge in [-0.3, -0.25) is 4.79 Å². The lowest BCUT2D eigenvalue weighted by Crippen LogP contribution is -2.35. The number of rotatable bonds is 1. The van der Waals surface area contributed by atoms with Gasteiger partial charge in [-0.15, -0.1) is 0 Å². The number of carbonyl (C=O) groups excluding carboxylic acids is 1. The molecule has 0 bridgehead atoms. The highest BCUT2D eigenvalue weighted by molar-refractivity contribution is 5.94. The molecule has 1 amide bonds. The molecule has 0 saturated carbocycles. The zero-order valence-electron chi connectivity index (χ0n) is 9.90. The lowest BCUT2D eigenvalue weighted by atomic mass is 10.2. The molecular formula is C12H16FN3O. The lowest BCUT2D eigenvalue weighted by molar-refractivity contribution is 0.0757. The zero-order chi connectivity index (χ0) is 12.3. The van der Waals surface area contributed by atoms with Crippen molar-refractivity contribution in [3.63, 3.8) is 0 Å². The van der Waals surface area contributed by atoms with Crippen molar-refractivity contribution in [2.24, 2.45) is 0 Å². The predicted molar refractivity (Wildman–Crippen MR) is 62.2 cm³/mol. The van der Waals surface area contributed by atoms with E-state index in [0.29, 0.717) is 13.1 Å². The Morgan fingerprint density at radius 2 is 2.18 bits per heavy atom. The summed E-state index contributed by atoms with van der Waals surface area (Å²) in [6.45, 7) is 3.12. The van der Waals surface area contributed by atoms with Crippen LogP contribution in [0.4, 0.5) is 4.39 Å². The van der Waals surface area contributed by atoms with Crippen LogP contribution < -0.4 is 0 Å². The molecule has 1 aromatic rings. The number of likely N-dealkylation sites (N-methyl/N-ethyl adjacent to an activating group) is 1. The molecule has 0 N–H and O–H groups in total. The highest BCUT2D eigenvalue weighted by atomic mass is 19.1. The van der Waals surface area contributed by atoms with Gasteiger partial charge < -0.3 is 9.80 Å². The average Bonchev–Trinajstić information content (AvgIpc) is 2.54. The molecule has 1 aliphatic heterocycles. The van der Waals surface area contributed by atoms with Gasteiger partial charge in [0.25, 0.3) is 5.91 Å². The molecule has 0 unspecified atom stereocenters. The number of hydrogen-bond donors (Lipinski definition) is 0. The molecule has 1 aromatic heterocycles. The van der Waals surface area contributed by atoms with E-state index < -0.39 is 5.95 Å². The SMILES string of the molecule is CN1CCCN(C(=O)c2cccnc2F)CC1. The number of carbonyl (C=O) groups is 1. The predicted octanol–water partition coefficient (Wildman–Crippen LogP) is 0.998. The van der Waals surface area contributed by atoms with E-state index >= 15 is 0 Å². The second kappa shape index (κ2) is 5.23. The van der Waals surface area contributed by atoms with E-state index in [1.54, 1.807) is 11.0 Å². The molecule has 0 spiro atoms. The maximum atomic E-state index is 13.4. The topological polar surface area (TPSA) is 36.4 Å². The van der Waals surface area contributed by atoms with Crippen molar-refractivity contribution < 1.29 is 9.18 Å². The highest BCUT2D eigenvalue weighted by Gasteiger charge is 2.21. The summed E-state index contributed by atoms with van der Waals surface area (Å²) in [6.07, 6.45) is 2.27. The van der Waals surface area contributed by atoms with Gasteiger partial charge in [-0.05, 0) is 32.1 Å². The molecule has 92 valence electrons. The fourth-order valence-corrected chi connectivity index (χ4v) is 1.97. The highest BCUT2D eigenvalue weighted by Crippen LogP contribution is 2.10. The first-order chi connectivity index (χ1) is 8.18. The molecular weight excluding hydrogens is 221 g/mol. The van der Waals surface area contributed by atoms with E-state index in [4.69, 9.17) is 0 Å². The van der Waals surface area contributed by atoms with Crippen LogP contribution in [0, 0.1) is 5.95 Å². The number of amides is 1.